The van der Waals surface area contributed by atoms with Crippen LogP contribution in [0.4, 0.5) is 5.69 Å². The van der Waals surface area contributed by atoms with E-state index in [0.29, 0.717) is 18.2 Å². The Morgan fingerprint density at radius 2 is 2.04 bits per heavy atom. The summed E-state index contributed by atoms with van der Waals surface area (Å²) in [5.41, 5.74) is 1.11. The predicted octanol–water partition coefficient (Wildman–Crippen LogP) is 4.00. The van der Waals surface area contributed by atoms with Gasteiger partial charge in [-0.1, -0.05) is 23.9 Å². The lowest BCUT2D eigenvalue weighted by atomic mass is 10.2. The lowest BCUT2D eigenvalue weighted by molar-refractivity contribution is -0.384. The summed E-state index contributed by atoms with van der Waals surface area (Å²) in [6.45, 7) is 0.619. The van der Waals surface area contributed by atoms with Crippen LogP contribution < -0.4 is 0 Å². The fourth-order valence-corrected chi connectivity index (χ4v) is 3.52. The van der Waals surface area contributed by atoms with Crippen molar-refractivity contribution < 1.29 is 9.34 Å². The van der Waals surface area contributed by atoms with Crippen molar-refractivity contribution in [1.82, 2.24) is 14.8 Å². The number of nitro benzene ring substituents is 1. The van der Waals surface area contributed by atoms with E-state index in [-0.39, 0.29) is 5.69 Å². The smallest absolute Gasteiger partial charge is 0.269 e. The summed E-state index contributed by atoms with van der Waals surface area (Å²) in [7, 11) is 0. The lowest BCUT2D eigenvalue weighted by Crippen LogP contribution is -2.05. The van der Waals surface area contributed by atoms with Crippen molar-refractivity contribution in [3.05, 3.63) is 69.9 Å². The summed E-state index contributed by atoms with van der Waals surface area (Å²) in [5.74, 6) is 3.07. The molecule has 3 aromatic rings. The number of rotatable bonds is 7. The molecule has 8 heteroatoms. The highest BCUT2D eigenvalue weighted by molar-refractivity contribution is 7.98. The second kappa shape index (κ2) is 6.72. The highest BCUT2D eigenvalue weighted by Gasteiger charge is 2.30. The predicted molar refractivity (Wildman–Crippen MR) is 92.5 cm³/mol. The fourth-order valence-electron chi connectivity index (χ4n) is 2.62. The third-order valence-corrected chi connectivity index (χ3v) is 5.14. The zero-order valence-corrected chi connectivity index (χ0v) is 14.2. The molecule has 0 aliphatic heterocycles. The number of nitrogens with zero attached hydrogens (tertiary/aromatic N) is 4. The van der Waals surface area contributed by atoms with Crippen LogP contribution in [-0.2, 0) is 12.3 Å². The van der Waals surface area contributed by atoms with Gasteiger partial charge in [0, 0.05) is 23.8 Å². The first-order valence-corrected chi connectivity index (χ1v) is 9.01. The molecule has 4 rings (SSSR count). The minimum absolute atomic E-state index is 0.103. The molecule has 25 heavy (non-hydrogen) atoms. The van der Waals surface area contributed by atoms with E-state index in [4.69, 9.17) is 4.42 Å². The summed E-state index contributed by atoms with van der Waals surface area (Å²) < 4.78 is 7.58. The van der Waals surface area contributed by atoms with Gasteiger partial charge in [0.05, 0.1) is 17.7 Å². The zero-order valence-electron chi connectivity index (χ0n) is 13.4. The maximum Gasteiger partial charge on any atom is 0.269 e. The fraction of sp³-hybridized carbons (Fsp3) is 0.294. The van der Waals surface area contributed by atoms with E-state index in [1.165, 1.54) is 12.1 Å². The molecule has 0 spiro atoms. The van der Waals surface area contributed by atoms with E-state index >= 15 is 0 Å². The largest absolute Gasteiger partial charge is 0.467 e. The van der Waals surface area contributed by atoms with Crippen molar-refractivity contribution in [3.63, 3.8) is 0 Å². The van der Waals surface area contributed by atoms with Crippen LogP contribution in [0, 0.1) is 10.1 Å². The number of hydrogen-bond donors (Lipinski definition) is 0. The Bertz CT molecular complexity index is 870. The van der Waals surface area contributed by atoms with Crippen LogP contribution in [-0.4, -0.2) is 19.7 Å². The second-order valence-electron chi connectivity index (χ2n) is 5.99. The number of nitro groups is 1. The van der Waals surface area contributed by atoms with Gasteiger partial charge in [-0.25, -0.2) is 0 Å². The summed E-state index contributed by atoms with van der Waals surface area (Å²) in [4.78, 5) is 10.3. The van der Waals surface area contributed by atoms with Crippen LogP contribution in [0.5, 0.6) is 0 Å². The van der Waals surface area contributed by atoms with Crippen LogP contribution >= 0.6 is 11.8 Å². The average Bonchev–Trinajstić information content (AvgIpc) is 3.18. The molecular weight excluding hydrogens is 340 g/mol. The number of hydrogen-bond acceptors (Lipinski definition) is 6. The second-order valence-corrected chi connectivity index (χ2v) is 6.94. The molecule has 7 nitrogen and oxygen atoms in total. The molecule has 128 valence electrons. The van der Waals surface area contributed by atoms with Crippen LogP contribution in [0.25, 0.3) is 0 Å². The van der Waals surface area contributed by atoms with Crippen molar-refractivity contribution in [2.75, 3.05) is 0 Å². The first-order chi connectivity index (χ1) is 12.2. The maximum atomic E-state index is 10.7. The van der Waals surface area contributed by atoms with Crippen LogP contribution in [0.3, 0.4) is 0 Å². The molecule has 0 radical (unpaired) electrons. The van der Waals surface area contributed by atoms with Gasteiger partial charge in [-0.15, -0.1) is 10.2 Å². The summed E-state index contributed by atoms with van der Waals surface area (Å²) in [6.07, 6.45) is 3.98. The zero-order chi connectivity index (χ0) is 17.2. The third-order valence-electron chi connectivity index (χ3n) is 4.10. The molecule has 1 fully saturated rings. The van der Waals surface area contributed by atoms with Crippen molar-refractivity contribution >= 4 is 17.4 Å². The summed E-state index contributed by atoms with van der Waals surface area (Å²) in [5, 5.41) is 20.3. The summed E-state index contributed by atoms with van der Waals surface area (Å²) in [6, 6.07) is 10.4. The van der Waals surface area contributed by atoms with Crippen LogP contribution in [0.15, 0.2) is 52.2 Å². The van der Waals surface area contributed by atoms with Crippen LogP contribution in [0.2, 0.25) is 0 Å². The van der Waals surface area contributed by atoms with Crippen molar-refractivity contribution in [2.24, 2.45) is 0 Å². The van der Waals surface area contributed by atoms with Gasteiger partial charge >= 0.3 is 0 Å². The van der Waals surface area contributed by atoms with Crippen molar-refractivity contribution in [1.29, 1.82) is 0 Å². The molecule has 1 aliphatic rings. The maximum absolute atomic E-state index is 10.7. The highest BCUT2D eigenvalue weighted by Crippen LogP contribution is 2.40. The third kappa shape index (κ3) is 3.58. The molecule has 0 atom stereocenters. The minimum atomic E-state index is -0.390. The normalized spacial score (nSPS) is 13.9. The van der Waals surface area contributed by atoms with Crippen molar-refractivity contribution in [2.45, 2.75) is 36.2 Å². The summed E-state index contributed by atoms with van der Waals surface area (Å²) >= 11 is 1.58. The first kappa shape index (κ1) is 15.9. The first-order valence-electron chi connectivity index (χ1n) is 8.02. The van der Waals surface area contributed by atoms with Gasteiger partial charge in [0.15, 0.2) is 5.16 Å². The quantitative estimate of drug-likeness (QED) is 0.361. The number of furan rings is 1. The molecule has 2 aromatic heterocycles. The average molecular weight is 356 g/mol. The molecule has 1 saturated carbocycles. The van der Waals surface area contributed by atoms with E-state index in [2.05, 4.69) is 14.8 Å². The lowest BCUT2D eigenvalue weighted by Gasteiger charge is -2.08. The Labute approximate surface area is 148 Å². The molecule has 0 amide bonds. The molecule has 0 N–H and O–H groups in total. The van der Waals surface area contributed by atoms with Gasteiger partial charge in [0.25, 0.3) is 5.69 Å². The molecule has 1 aliphatic carbocycles. The number of aromatic nitrogens is 3. The van der Waals surface area contributed by atoms with E-state index in [1.807, 2.05) is 12.1 Å². The van der Waals surface area contributed by atoms with Crippen molar-refractivity contribution in [3.8, 4) is 0 Å². The number of thioether (sulfide) groups is 1. The van der Waals surface area contributed by atoms with Gasteiger partial charge in [0.2, 0.25) is 0 Å². The van der Waals surface area contributed by atoms with Gasteiger partial charge in [-0.2, -0.15) is 0 Å². The molecule has 2 heterocycles. The van der Waals surface area contributed by atoms with Gasteiger partial charge < -0.3 is 4.42 Å². The molecular formula is C17H16N4O3S. The monoisotopic (exact) mass is 356 g/mol. The van der Waals surface area contributed by atoms with E-state index < -0.39 is 4.92 Å². The Kier molecular flexibility index (Phi) is 4.27. The van der Waals surface area contributed by atoms with Gasteiger partial charge in [-0.3, -0.25) is 14.7 Å². The Morgan fingerprint density at radius 1 is 1.24 bits per heavy atom. The molecule has 1 aromatic carbocycles. The Hall–Kier alpha value is -2.61. The standard InChI is InChI=1S/C17H16N4O3S/c22-21(23)14-7-3-12(4-8-14)11-25-17-19-18-16(13-5-6-13)20(17)10-15-2-1-9-24-15/h1-4,7-9,13H,5-6,10-11H2. The van der Waals surface area contributed by atoms with E-state index in [0.717, 1.165) is 35.1 Å². The molecule has 0 saturated heterocycles. The van der Waals surface area contributed by atoms with E-state index in [9.17, 15) is 10.1 Å². The Balaban J connectivity index is 1.50. The van der Waals surface area contributed by atoms with Gasteiger partial charge in [0.1, 0.15) is 11.6 Å². The van der Waals surface area contributed by atoms with E-state index in [1.54, 1.807) is 30.2 Å². The SMILES string of the molecule is O=[N+]([O-])c1ccc(CSc2nnc(C3CC3)n2Cc2ccco2)cc1. The number of non-ortho nitro benzene ring substituents is 1. The Morgan fingerprint density at radius 3 is 2.68 bits per heavy atom. The minimum Gasteiger partial charge on any atom is -0.467 e. The molecule has 0 bridgehead atoms. The van der Waals surface area contributed by atoms with Gasteiger partial charge in [-0.05, 0) is 30.5 Å². The highest BCUT2D eigenvalue weighted by atomic mass is 32.2. The molecule has 0 unspecified atom stereocenters. The van der Waals surface area contributed by atoms with Crippen LogP contribution in [0.1, 0.15) is 35.9 Å². The number of benzene rings is 1. The topological polar surface area (TPSA) is 87.0 Å².